The minimum Gasteiger partial charge on any atom is -0.373 e. The molecule has 3 aliphatic rings. The molecule has 3 aliphatic heterocycles. The van der Waals surface area contributed by atoms with Crippen molar-refractivity contribution >= 4 is 6.21 Å². The van der Waals surface area contributed by atoms with E-state index in [1.807, 2.05) is 0 Å². The fourth-order valence-electron chi connectivity index (χ4n) is 5.73. The maximum atomic E-state index is 2.56. The second-order valence-corrected chi connectivity index (χ2v) is 11.1. The smallest absolute Gasteiger partial charge is 0.115 e. The van der Waals surface area contributed by atoms with Crippen molar-refractivity contribution in [1.82, 2.24) is 4.90 Å². The highest BCUT2D eigenvalue weighted by molar-refractivity contribution is 5.67. The Hall–Kier alpha value is -1.44. The lowest BCUT2D eigenvalue weighted by atomic mass is 9.97. The maximum Gasteiger partial charge on any atom is 0.115 e. The lowest BCUT2D eigenvalue weighted by molar-refractivity contribution is -0.489. The fourth-order valence-corrected chi connectivity index (χ4v) is 5.73. The third-order valence-electron chi connectivity index (χ3n) is 7.90. The molecule has 34 heavy (non-hydrogen) atoms. The number of rotatable bonds is 0. The molecular formula is C32H54N2. The monoisotopic (exact) mass is 466 g/mol. The van der Waals surface area contributed by atoms with Crippen molar-refractivity contribution in [3.63, 3.8) is 0 Å². The molecule has 3 heterocycles. The van der Waals surface area contributed by atoms with Crippen LogP contribution < -0.4 is 0 Å². The third kappa shape index (κ3) is 12.3. The molecule has 0 aromatic heterocycles. The molecule has 0 spiro atoms. The van der Waals surface area contributed by atoms with Gasteiger partial charge in [0.15, 0.2) is 0 Å². The highest BCUT2D eigenvalue weighted by atomic mass is 15.1. The van der Waals surface area contributed by atoms with E-state index < -0.39 is 0 Å². The summed E-state index contributed by atoms with van der Waals surface area (Å²) in [5, 5.41) is 0. The molecule has 0 aromatic rings. The molecule has 2 heteroatoms. The summed E-state index contributed by atoms with van der Waals surface area (Å²) in [5.41, 5.74) is 1.56. The van der Waals surface area contributed by atoms with Gasteiger partial charge in [0, 0.05) is 38.5 Å². The second-order valence-electron chi connectivity index (χ2n) is 11.1. The molecule has 2 nitrogen and oxygen atoms in total. The zero-order valence-corrected chi connectivity index (χ0v) is 22.3. The first kappa shape index (κ1) is 27.2. The molecule has 3 rings (SSSR count). The van der Waals surface area contributed by atoms with E-state index in [1.54, 1.807) is 5.57 Å². The predicted molar refractivity (Wildman–Crippen MR) is 149 cm³/mol. The van der Waals surface area contributed by atoms with Crippen LogP contribution in [-0.2, 0) is 0 Å². The Morgan fingerprint density at radius 2 is 1.32 bits per heavy atom. The van der Waals surface area contributed by atoms with Gasteiger partial charge in [-0.25, -0.2) is 0 Å². The van der Waals surface area contributed by atoms with Crippen LogP contribution in [0.2, 0.25) is 0 Å². The van der Waals surface area contributed by atoms with Gasteiger partial charge in [-0.1, -0.05) is 115 Å². The Morgan fingerprint density at radius 3 is 2.06 bits per heavy atom. The SMILES string of the molecule is C1=CC2[CH-][N+](=C1)CCCCCCCCCCC1=CN(CC=C1)CCCCCCCCCCCC2. The minimum atomic E-state index is 0.666. The highest BCUT2D eigenvalue weighted by Gasteiger charge is 2.10. The number of hydrogen-bond donors (Lipinski definition) is 0. The predicted octanol–water partition coefficient (Wildman–Crippen LogP) is 8.99. The Kier molecular flexibility index (Phi) is 14.3. The van der Waals surface area contributed by atoms with Gasteiger partial charge in [0.1, 0.15) is 6.54 Å². The Balaban J connectivity index is 1.34. The van der Waals surface area contributed by atoms with Crippen LogP contribution in [0, 0.1) is 12.5 Å². The molecule has 1 atom stereocenters. The van der Waals surface area contributed by atoms with Gasteiger partial charge >= 0.3 is 0 Å². The summed E-state index contributed by atoms with van der Waals surface area (Å²) in [6.45, 7) is 6.07. The Morgan fingerprint density at radius 1 is 0.706 bits per heavy atom. The highest BCUT2D eigenvalue weighted by Crippen LogP contribution is 2.20. The largest absolute Gasteiger partial charge is 0.373 e. The van der Waals surface area contributed by atoms with Crippen molar-refractivity contribution < 1.29 is 4.58 Å². The normalized spacial score (nSPS) is 25.9. The van der Waals surface area contributed by atoms with Crippen molar-refractivity contribution in [2.45, 2.75) is 128 Å². The van der Waals surface area contributed by atoms with Crippen LogP contribution in [0.15, 0.2) is 36.1 Å². The first-order chi connectivity index (χ1) is 16.9. The lowest BCUT2D eigenvalue weighted by Crippen LogP contribution is -2.21. The van der Waals surface area contributed by atoms with Crippen molar-refractivity contribution in [2.75, 3.05) is 19.6 Å². The summed E-state index contributed by atoms with van der Waals surface area (Å²) >= 11 is 0. The molecule has 192 valence electrons. The van der Waals surface area contributed by atoms with Gasteiger partial charge in [-0.15, -0.1) is 6.08 Å². The topological polar surface area (TPSA) is 6.25 Å². The van der Waals surface area contributed by atoms with E-state index >= 15 is 0 Å². The molecule has 4 bridgehead atoms. The molecule has 0 aliphatic carbocycles. The van der Waals surface area contributed by atoms with Crippen LogP contribution in [0.3, 0.4) is 0 Å². The van der Waals surface area contributed by atoms with Gasteiger partial charge in [-0.05, 0) is 37.2 Å². The van der Waals surface area contributed by atoms with Crippen LogP contribution in [-0.4, -0.2) is 35.3 Å². The van der Waals surface area contributed by atoms with E-state index in [1.165, 1.54) is 142 Å². The van der Waals surface area contributed by atoms with E-state index in [9.17, 15) is 0 Å². The molecular weight excluding hydrogens is 412 g/mol. The molecule has 0 fully saturated rings. The fraction of sp³-hybridized carbons (Fsp3) is 0.750. The number of fused-ring (bicyclic) bond motifs is 3. The van der Waals surface area contributed by atoms with Gasteiger partial charge < -0.3 is 9.48 Å². The molecule has 0 amide bonds. The summed E-state index contributed by atoms with van der Waals surface area (Å²) in [4.78, 5) is 2.56. The lowest BCUT2D eigenvalue weighted by Gasteiger charge is -2.23. The molecule has 0 aromatic carbocycles. The van der Waals surface area contributed by atoms with Crippen molar-refractivity contribution in [3.8, 4) is 0 Å². The summed E-state index contributed by atoms with van der Waals surface area (Å²) in [6, 6.07) is 0. The zero-order valence-electron chi connectivity index (χ0n) is 22.3. The van der Waals surface area contributed by atoms with E-state index in [0.29, 0.717) is 5.92 Å². The van der Waals surface area contributed by atoms with Gasteiger partial charge in [0.2, 0.25) is 0 Å². The molecule has 0 radical (unpaired) electrons. The van der Waals surface area contributed by atoms with Crippen molar-refractivity contribution in [2.24, 2.45) is 5.92 Å². The van der Waals surface area contributed by atoms with Crippen LogP contribution in [0.25, 0.3) is 0 Å². The maximum absolute atomic E-state index is 2.56. The van der Waals surface area contributed by atoms with E-state index in [4.69, 9.17) is 0 Å². The van der Waals surface area contributed by atoms with Gasteiger partial charge in [-0.3, -0.25) is 0 Å². The minimum absolute atomic E-state index is 0.666. The quantitative estimate of drug-likeness (QED) is 0.255. The molecule has 0 saturated carbocycles. The van der Waals surface area contributed by atoms with Crippen LogP contribution >= 0.6 is 0 Å². The molecule has 0 saturated heterocycles. The van der Waals surface area contributed by atoms with E-state index in [2.05, 4.69) is 52.7 Å². The van der Waals surface area contributed by atoms with Crippen molar-refractivity contribution in [3.05, 3.63) is 42.6 Å². The van der Waals surface area contributed by atoms with Crippen molar-refractivity contribution in [1.29, 1.82) is 0 Å². The van der Waals surface area contributed by atoms with Crippen LogP contribution in [0.4, 0.5) is 0 Å². The van der Waals surface area contributed by atoms with Gasteiger partial charge in [0.05, 0.1) is 0 Å². The van der Waals surface area contributed by atoms with E-state index in [-0.39, 0.29) is 0 Å². The number of nitrogens with zero attached hydrogens (tertiary/aromatic N) is 2. The second kappa shape index (κ2) is 17.9. The third-order valence-corrected chi connectivity index (χ3v) is 7.90. The van der Waals surface area contributed by atoms with Gasteiger partial charge in [0.25, 0.3) is 0 Å². The zero-order chi connectivity index (χ0) is 23.5. The average molecular weight is 467 g/mol. The summed E-state index contributed by atoms with van der Waals surface area (Å²) in [5.74, 6) is 0.666. The number of allylic oxidation sites excluding steroid dienone is 3. The van der Waals surface area contributed by atoms with Crippen LogP contribution in [0.1, 0.15) is 128 Å². The summed E-state index contributed by atoms with van der Waals surface area (Å²) < 4.78 is 2.47. The average Bonchev–Trinajstić information content (AvgIpc) is 2.86. The Bertz CT molecular complexity index is 641. The van der Waals surface area contributed by atoms with Crippen LogP contribution in [0.5, 0.6) is 0 Å². The summed E-state index contributed by atoms with van der Waals surface area (Å²) in [7, 11) is 0. The first-order valence-electron chi connectivity index (χ1n) is 15.1. The number of hydrogen-bond acceptors (Lipinski definition) is 1. The standard InChI is InChI=1S/C32H54N2/c1-2-5-9-13-17-25-33-27-20-24-32(30-33)22-16-12-8-4-6-10-14-18-26-34-28-19-23-31(29-34)21-15-11-7-3-1/h19-20,23-24,28-31H,1-18,21-22,25-27H2. The molecule has 1 unspecified atom stereocenters. The Labute approximate surface area is 212 Å². The van der Waals surface area contributed by atoms with E-state index in [0.717, 1.165) is 6.54 Å². The molecule has 0 N–H and O–H groups in total. The first-order valence-corrected chi connectivity index (χ1v) is 15.1. The van der Waals surface area contributed by atoms with Gasteiger partial charge in [-0.2, -0.15) is 0 Å². The summed E-state index contributed by atoms with van der Waals surface area (Å²) in [6.07, 6.45) is 42.2.